The summed E-state index contributed by atoms with van der Waals surface area (Å²) < 4.78 is 0. The standard InChI is InChI=1S/C18H17N3O2/c1-12-17(13-5-3-2-4-6-13)21-18(19-12)14-7-9-15(10-8-14)20-16(23)11-22/h2-10,22H,11H2,1H3,(H,19,21)(H,20,23). The number of nitrogens with zero attached hydrogens (tertiary/aromatic N) is 1. The van der Waals surface area contributed by atoms with Gasteiger partial charge in [0.15, 0.2) is 0 Å². The summed E-state index contributed by atoms with van der Waals surface area (Å²) in [7, 11) is 0. The van der Waals surface area contributed by atoms with Crippen LogP contribution in [0.25, 0.3) is 22.6 Å². The van der Waals surface area contributed by atoms with E-state index in [0.29, 0.717) is 5.69 Å². The number of aliphatic hydroxyl groups is 1. The van der Waals surface area contributed by atoms with Crippen molar-refractivity contribution in [2.24, 2.45) is 0 Å². The second-order valence-corrected chi connectivity index (χ2v) is 5.21. The van der Waals surface area contributed by atoms with E-state index in [4.69, 9.17) is 5.11 Å². The maximum absolute atomic E-state index is 11.2. The molecule has 2 aromatic carbocycles. The van der Waals surface area contributed by atoms with Gasteiger partial charge in [-0.15, -0.1) is 0 Å². The van der Waals surface area contributed by atoms with Crippen molar-refractivity contribution in [2.75, 3.05) is 11.9 Å². The fraction of sp³-hybridized carbons (Fsp3) is 0.111. The Morgan fingerprint density at radius 2 is 1.78 bits per heavy atom. The van der Waals surface area contributed by atoms with Crippen LogP contribution < -0.4 is 5.32 Å². The molecule has 0 fully saturated rings. The van der Waals surface area contributed by atoms with Gasteiger partial charge >= 0.3 is 0 Å². The summed E-state index contributed by atoms with van der Waals surface area (Å²) >= 11 is 0. The molecule has 0 bridgehead atoms. The SMILES string of the molecule is Cc1[nH]c(-c2ccc(NC(=O)CO)cc2)nc1-c1ccccc1. The fourth-order valence-corrected chi connectivity index (χ4v) is 2.39. The lowest BCUT2D eigenvalue weighted by Crippen LogP contribution is -2.15. The number of aliphatic hydroxyl groups excluding tert-OH is 1. The van der Waals surface area contributed by atoms with Crippen LogP contribution >= 0.6 is 0 Å². The van der Waals surface area contributed by atoms with E-state index in [1.807, 2.05) is 49.4 Å². The van der Waals surface area contributed by atoms with Gasteiger partial charge < -0.3 is 15.4 Å². The van der Waals surface area contributed by atoms with Gasteiger partial charge in [0.05, 0.1) is 5.69 Å². The Labute approximate surface area is 134 Å². The number of benzene rings is 2. The molecule has 0 atom stereocenters. The molecular weight excluding hydrogens is 290 g/mol. The van der Waals surface area contributed by atoms with Gasteiger partial charge in [0, 0.05) is 22.5 Å². The zero-order valence-corrected chi connectivity index (χ0v) is 12.7. The maximum atomic E-state index is 11.2. The van der Waals surface area contributed by atoms with Gasteiger partial charge in [-0.3, -0.25) is 4.79 Å². The number of amides is 1. The van der Waals surface area contributed by atoms with Crippen LogP contribution in [0.5, 0.6) is 0 Å². The summed E-state index contributed by atoms with van der Waals surface area (Å²) in [6.07, 6.45) is 0. The largest absolute Gasteiger partial charge is 0.387 e. The summed E-state index contributed by atoms with van der Waals surface area (Å²) in [6, 6.07) is 17.3. The lowest BCUT2D eigenvalue weighted by atomic mass is 10.1. The first-order chi connectivity index (χ1) is 11.2. The molecule has 0 spiro atoms. The molecule has 1 heterocycles. The molecule has 23 heavy (non-hydrogen) atoms. The highest BCUT2D eigenvalue weighted by molar-refractivity contribution is 5.91. The lowest BCUT2D eigenvalue weighted by molar-refractivity contribution is -0.118. The molecule has 0 aliphatic heterocycles. The predicted molar refractivity (Wildman–Crippen MR) is 89.9 cm³/mol. The van der Waals surface area contributed by atoms with E-state index in [9.17, 15) is 4.79 Å². The number of aryl methyl sites for hydroxylation is 1. The van der Waals surface area contributed by atoms with Crippen LogP contribution in [0.3, 0.4) is 0 Å². The lowest BCUT2D eigenvalue weighted by Gasteiger charge is -2.03. The zero-order valence-electron chi connectivity index (χ0n) is 12.7. The van der Waals surface area contributed by atoms with Crippen LogP contribution in [0.15, 0.2) is 54.6 Å². The van der Waals surface area contributed by atoms with Crippen molar-refractivity contribution in [3.05, 3.63) is 60.3 Å². The van der Waals surface area contributed by atoms with Crippen LogP contribution in [0.4, 0.5) is 5.69 Å². The van der Waals surface area contributed by atoms with E-state index in [1.54, 1.807) is 12.1 Å². The molecule has 116 valence electrons. The first-order valence-corrected chi connectivity index (χ1v) is 7.30. The van der Waals surface area contributed by atoms with E-state index in [-0.39, 0.29) is 0 Å². The average molecular weight is 307 g/mol. The number of rotatable bonds is 4. The van der Waals surface area contributed by atoms with E-state index in [2.05, 4.69) is 15.3 Å². The number of aromatic nitrogens is 2. The molecule has 0 unspecified atom stereocenters. The number of H-pyrrole nitrogens is 1. The number of aromatic amines is 1. The summed E-state index contributed by atoms with van der Waals surface area (Å²) in [6.45, 7) is 1.47. The Bertz CT molecular complexity index is 808. The van der Waals surface area contributed by atoms with Gasteiger partial charge in [0.25, 0.3) is 0 Å². The van der Waals surface area contributed by atoms with E-state index in [0.717, 1.165) is 28.3 Å². The Kier molecular flexibility index (Phi) is 4.21. The Morgan fingerprint density at radius 3 is 2.43 bits per heavy atom. The van der Waals surface area contributed by atoms with Crippen LogP contribution in [-0.2, 0) is 4.79 Å². The number of anilines is 1. The molecule has 5 nitrogen and oxygen atoms in total. The molecule has 3 N–H and O–H groups in total. The van der Waals surface area contributed by atoms with E-state index < -0.39 is 12.5 Å². The van der Waals surface area contributed by atoms with Crippen molar-refractivity contribution in [2.45, 2.75) is 6.92 Å². The second kappa shape index (κ2) is 6.46. The Morgan fingerprint density at radius 1 is 1.09 bits per heavy atom. The number of hydrogen-bond donors (Lipinski definition) is 3. The van der Waals surface area contributed by atoms with Gasteiger partial charge in [-0.25, -0.2) is 4.98 Å². The van der Waals surface area contributed by atoms with Gasteiger partial charge in [-0.2, -0.15) is 0 Å². The van der Waals surface area contributed by atoms with Crippen LogP contribution in [0.2, 0.25) is 0 Å². The van der Waals surface area contributed by atoms with Gasteiger partial charge in [0.2, 0.25) is 5.91 Å². The van der Waals surface area contributed by atoms with Gasteiger partial charge in [0.1, 0.15) is 12.4 Å². The third kappa shape index (κ3) is 3.30. The molecule has 3 aromatic rings. The number of hydrogen-bond acceptors (Lipinski definition) is 3. The highest BCUT2D eigenvalue weighted by Gasteiger charge is 2.10. The van der Waals surface area contributed by atoms with Gasteiger partial charge in [-0.1, -0.05) is 30.3 Å². The fourth-order valence-electron chi connectivity index (χ4n) is 2.39. The third-order valence-corrected chi connectivity index (χ3v) is 3.52. The summed E-state index contributed by atoms with van der Waals surface area (Å²) in [5.74, 6) is 0.347. The molecular formula is C18H17N3O2. The normalized spacial score (nSPS) is 10.5. The van der Waals surface area contributed by atoms with Crippen molar-refractivity contribution in [3.63, 3.8) is 0 Å². The zero-order chi connectivity index (χ0) is 16.2. The molecule has 0 saturated carbocycles. The summed E-state index contributed by atoms with van der Waals surface area (Å²) in [5.41, 5.74) is 4.57. The number of nitrogens with one attached hydrogen (secondary N) is 2. The first-order valence-electron chi connectivity index (χ1n) is 7.30. The first kappa shape index (κ1) is 15.0. The van der Waals surface area contributed by atoms with E-state index >= 15 is 0 Å². The maximum Gasteiger partial charge on any atom is 0.250 e. The second-order valence-electron chi connectivity index (χ2n) is 5.21. The minimum absolute atomic E-state index is 0.432. The Balaban J connectivity index is 1.87. The molecule has 0 aliphatic carbocycles. The Hall–Kier alpha value is -2.92. The molecule has 0 radical (unpaired) electrons. The summed E-state index contributed by atoms with van der Waals surface area (Å²) in [4.78, 5) is 19.1. The molecule has 3 rings (SSSR count). The molecule has 1 aromatic heterocycles. The number of carbonyl (C=O) groups excluding carboxylic acids is 1. The monoisotopic (exact) mass is 307 g/mol. The van der Waals surface area contributed by atoms with Gasteiger partial charge in [-0.05, 0) is 31.2 Å². The number of imidazole rings is 1. The molecule has 5 heteroatoms. The van der Waals surface area contributed by atoms with Crippen LogP contribution in [-0.4, -0.2) is 27.6 Å². The topological polar surface area (TPSA) is 78.0 Å². The highest BCUT2D eigenvalue weighted by Crippen LogP contribution is 2.26. The molecule has 0 saturated heterocycles. The van der Waals surface area contributed by atoms with Crippen molar-refractivity contribution >= 4 is 11.6 Å². The van der Waals surface area contributed by atoms with Crippen molar-refractivity contribution in [3.8, 4) is 22.6 Å². The van der Waals surface area contributed by atoms with Crippen LogP contribution in [0.1, 0.15) is 5.69 Å². The highest BCUT2D eigenvalue weighted by atomic mass is 16.3. The smallest absolute Gasteiger partial charge is 0.250 e. The average Bonchev–Trinajstić information content (AvgIpc) is 2.98. The molecule has 0 aliphatic rings. The summed E-state index contributed by atoms with van der Waals surface area (Å²) in [5, 5.41) is 11.3. The van der Waals surface area contributed by atoms with Crippen molar-refractivity contribution in [1.82, 2.24) is 9.97 Å². The minimum atomic E-state index is -0.528. The van der Waals surface area contributed by atoms with Crippen LogP contribution in [0, 0.1) is 6.92 Å². The number of carbonyl (C=O) groups is 1. The quantitative estimate of drug-likeness (QED) is 0.693. The third-order valence-electron chi connectivity index (χ3n) is 3.52. The van der Waals surface area contributed by atoms with E-state index in [1.165, 1.54) is 0 Å². The van der Waals surface area contributed by atoms with Crippen molar-refractivity contribution in [1.29, 1.82) is 0 Å². The van der Waals surface area contributed by atoms with Crippen molar-refractivity contribution < 1.29 is 9.90 Å². The minimum Gasteiger partial charge on any atom is -0.387 e. The molecule has 1 amide bonds. The predicted octanol–water partition coefficient (Wildman–Crippen LogP) is 2.98.